The lowest BCUT2D eigenvalue weighted by molar-refractivity contribution is 0.582. The van der Waals surface area contributed by atoms with E-state index >= 15 is 0 Å². The van der Waals surface area contributed by atoms with Crippen LogP contribution in [-0.4, -0.2) is 9.78 Å². The summed E-state index contributed by atoms with van der Waals surface area (Å²) in [7, 11) is 0. The van der Waals surface area contributed by atoms with Crippen molar-refractivity contribution in [1.82, 2.24) is 9.78 Å². The van der Waals surface area contributed by atoms with E-state index in [1.54, 1.807) is 13.0 Å². The number of aromatic nitrogens is 2. The molecule has 1 aromatic heterocycles. The van der Waals surface area contributed by atoms with Crippen molar-refractivity contribution < 1.29 is 4.39 Å². The molecule has 0 saturated heterocycles. The summed E-state index contributed by atoms with van der Waals surface area (Å²) >= 11 is 3.63. The van der Waals surface area contributed by atoms with Crippen LogP contribution >= 0.6 is 15.9 Å². The summed E-state index contributed by atoms with van der Waals surface area (Å²) in [6, 6.07) is 4.89. The van der Waals surface area contributed by atoms with Crippen LogP contribution in [0.3, 0.4) is 0 Å². The van der Waals surface area contributed by atoms with E-state index in [9.17, 15) is 4.39 Å². The largest absolute Gasteiger partial charge is 0.324 e. The number of benzene rings is 1. The maximum Gasteiger partial charge on any atom is 0.126 e. The Labute approximate surface area is 133 Å². The lowest BCUT2D eigenvalue weighted by Gasteiger charge is -2.14. The molecule has 1 unspecified atom stereocenters. The summed E-state index contributed by atoms with van der Waals surface area (Å²) in [5.74, 6) is -0.195. The molecule has 2 aromatic rings. The highest BCUT2D eigenvalue weighted by Gasteiger charge is 2.18. The Kier molecular flexibility index (Phi) is 5.17. The predicted molar refractivity (Wildman–Crippen MR) is 86.7 cm³/mol. The average Bonchev–Trinajstić information content (AvgIpc) is 2.78. The number of hydrogen-bond acceptors (Lipinski definition) is 2. The molecule has 21 heavy (non-hydrogen) atoms. The van der Waals surface area contributed by atoms with E-state index in [-0.39, 0.29) is 11.9 Å². The molecule has 0 spiro atoms. The first-order valence-electron chi connectivity index (χ1n) is 7.23. The molecule has 5 heteroatoms. The fraction of sp³-hybridized carbons (Fsp3) is 0.438. The van der Waals surface area contributed by atoms with Crippen LogP contribution in [0.15, 0.2) is 22.7 Å². The Morgan fingerprint density at radius 3 is 2.67 bits per heavy atom. The third-order valence-corrected chi connectivity index (χ3v) is 4.63. The highest BCUT2D eigenvalue weighted by molar-refractivity contribution is 9.10. The van der Waals surface area contributed by atoms with E-state index in [0.717, 1.165) is 34.4 Å². The third-order valence-electron chi connectivity index (χ3n) is 3.72. The zero-order valence-corrected chi connectivity index (χ0v) is 14.2. The highest BCUT2D eigenvalue weighted by atomic mass is 79.9. The topological polar surface area (TPSA) is 43.8 Å². The molecule has 0 aliphatic heterocycles. The quantitative estimate of drug-likeness (QED) is 0.885. The van der Waals surface area contributed by atoms with Crippen LogP contribution in [0.4, 0.5) is 4.39 Å². The summed E-state index contributed by atoms with van der Waals surface area (Å²) in [5, 5.41) is 4.58. The number of nitrogens with two attached hydrogens (primary N) is 1. The van der Waals surface area contributed by atoms with Crippen LogP contribution in [0.5, 0.6) is 0 Å². The van der Waals surface area contributed by atoms with Gasteiger partial charge in [0, 0.05) is 19.0 Å². The van der Waals surface area contributed by atoms with Crippen LogP contribution in [0.25, 0.3) is 0 Å². The fourth-order valence-electron chi connectivity index (χ4n) is 2.44. The molecular formula is C16H21BrFN3. The van der Waals surface area contributed by atoms with E-state index in [2.05, 4.69) is 34.9 Å². The van der Waals surface area contributed by atoms with Crippen molar-refractivity contribution in [3.8, 4) is 0 Å². The Hall–Kier alpha value is -1.20. The van der Waals surface area contributed by atoms with E-state index in [1.165, 1.54) is 6.07 Å². The van der Waals surface area contributed by atoms with Crippen LogP contribution in [-0.2, 0) is 19.4 Å². The molecule has 2 rings (SSSR count). The van der Waals surface area contributed by atoms with Gasteiger partial charge in [0.2, 0.25) is 0 Å². The fourth-order valence-corrected chi connectivity index (χ4v) is 3.16. The van der Waals surface area contributed by atoms with E-state index in [1.807, 2.05) is 10.7 Å². The van der Waals surface area contributed by atoms with Crippen LogP contribution in [0.2, 0.25) is 0 Å². The molecule has 0 aliphatic carbocycles. The maximum atomic E-state index is 13.4. The molecule has 0 radical (unpaired) electrons. The monoisotopic (exact) mass is 353 g/mol. The minimum Gasteiger partial charge on any atom is -0.324 e. The molecule has 0 aliphatic rings. The van der Waals surface area contributed by atoms with Crippen LogP contribution in [0, 0.1) is 12.7 Å². The van der Waals surface area contributed by atoms with Gasteiger partial charge in [-0.05, 0) is 53.4 Å². The zero-order valence-electron chi connectivity index (χ0n) is 12.7. The normalized spacial score (nSPS) is 12.7. The second kappa shape index (κ2) is 6.71. The van der Waals surface area contributed by atoms with Crippen molar-refractivity contribution in [2.45, 2.75) is 46.2 Å². The first-order valence-corrected chi connectivity index (χ1v) is 8.02. The van der Waals surface area contributed by atoms with Gasteiger partial charge in [-0.1, -0.05) is 19.1 Å². The first kappa shape index (κ1) is 16.2. The summed E-state index contributed by atoms with van der Waals surface area (Å²) in [4.78, 5) is 0. The van der Waals surface area contributed by atoms with Gasteiger partial charge in [-0.15, -0.1) is 0 Å². The van der Waals surface area contributed by atoms with Crippen molar-refractivity contribution in [3.63, 3.8) is 0 Å². The predicted octanol–water partition coefficient (Wildman–Crippen LogP) is 3.92. The molecule has 1 heterocycles. The second-order valence-electron chi connectivity index (χ2n) is 5.20. The zero-order chi connectivity index (χ0) is 15.6. The third kappa shape index (κ3) is 3.35. The van der Waals surface area contributed by atoms with Crippen molar-refractivity contribution in [2.75, 3.05) is 0 Å². The van der Waals surface area contributed by atoms with E-state index in [4.69, 9.17) is 5.73 Å². The van der Waals surface area contributed by atoms with Crippen molar-refractivity contribution in [3.05, 3.63) is 51.0 Å². The number of hydrogen-bond donors (Lipinski definition) is 1. The molecule has 1 aromatic carbocycles. The first-order chi connectivity index (χ1) is 9.97. The minimum absolute atomic E-state index is 0.174. The van der Waals surface area contributed by atoms with Gasteiger partial charge < -0.3 is 5.73 Å². The molecule has 114 valence electrons. The molecule has 1 atom stereocenters. The Morgan fingerprint density at radius 1 is 1.38 bits per heavy atom. The molecule has 0 fully saturated rings. The van der Waals surface area contributed by atoms with Crippen LogP contribution < -0.4 is 5.73 Å². The van der Waals surface area contributed by atoms with Crippen molar-refractivity contribution in [2.24, 2.45) is 5.73 Å². The van der Waals surface area contributed by atoms with Gasteiger partial charge in [-0.2, -0.15) is 5.10 Å². The molecule has 2 N–H and O–H groups in total. The molecule has 3 nitrogen and oxygen atoms in total. The summed E-state index contributed by atoms with van der Waals surface area (Å²) in [5.41, 5.74) is 10.0. The van der Waals surface area contributed by atoms with Crippen molar-refractivity contribution >= 4 is 15.9 Å². The summed E-state index contributed by atoms with van der Waals surface area (Å²) in [6.45, 7) is 6.71. The maximum absolute atomic E-state index is 13.4. The standard InChI is InChI=1S/C16H21BrFN3/c1-4-14-16(17)15(21(5-2)20-14)9-13(19)11-6-7-12(18)10(3)8-11/h6-8,13H,4-5,9,19H2,1-3H3. The van der Waals surface area contributed by atoms with Gasteiger partial charge in [0.25, 0.3) is 0 Å². The van der Waals surface area contributed by atoms with E-state index < -0.39 is 0 Å². The lowest BCUT2D eigenvalue weighted by Crippen LogP contribution is -2.16. The van der Waals surface area contributed by atoms with Crippen LogP contribution in [0.1, 0.15) is 42.4 Å². The minimum atomic E-state index is -0.195. The lowest BCUT2D eigenvalue weighted by atomic mass is 10.0. The molecule has 0 saturated carbocycles. The van der Waals surface area contributed by atoms with Gasteiger partial charge >= 0.3 is 0 Å². The number of halogens is 2. The molecule has 0 amide bonds. The molecule has 0 bridgehead atoms. The van der Waals surface area contributed by atoms with Gasteiger partial charge in [0.15, 0.2) is 0 Å². The highest BCUT2D eigenvalue weighted by Crippen LogP contribution is 2.27. The Balaban J connectivity index is 2.28. The number of aryl methyl sites for hydroxylation is 3. The van der Waals surface area contributed by atoms with Gasteiger partial charge in [-0.3, -0.25) is 4.68 Å². The number of rotatable bonds is 5. The number of nitrogens with zero attached hydrogens (tertiary/aromatic N) is 2. The molecular weight excluding hydrogens is 333 g/mol. The average molecular weight is 354 g/mol. The second-order valence-corrected chi connectivity index (χ2v) is 5.99. The Morgan fingerprint density at radius 2 is 2.10 bits per heavy atom. The SMILES string of the molecule is CCc1nn(CC)c(CC(N)c2ccc(F)c(C)c2)c1Br. The van der Waals surface area contributed by atoms with Gasteiger partial charge in [0.05, 0.1) is 15.9 Å². The van der Waals surface area contributed by atoms with E-state index in [0.29, 0.717) is 12.0 Å². The van der Waals surface area contributed by atoms with Gasteiger partial charge in [0.1, 0.15) is 5.82 Å². The summed E-state index contributed by atoms with van der Waals surface area (Å²) < 4.78 is 16.4. The summed E-state index contributed by atoms with van der Waals surface area (Å²) in [6.07, 6.45) is 1.55. The van der Waals surface area contributed by atoms with Crippen molar-refractivity contribution in [1.29, 1.82) is 0 Å². The Bertz CT molecular complexity index is 637. The van der Waals surface area contributed by atoms with Gasteiger partial charge in [-0.25, -0.2) is 4.39 Å². The smallest absolute Gasteiger partial charge is 0.126 e.